The van der Waals surface area contributed by atoms with Gasteiger partial charge in [-0.25, -0.2) is 4.98 Å². The van der Waals surface area contributed by atoms with E-state index in [4.69, 9.17) is 19.9 Å². The van der Waals surface area contributed by atoms with Crippen molar-refractivity contribution in [1.29, 1.82) is 0 Å². The van der Waals surface area contributed by atoms with Gasteiger partial charge in [0.05, 0.1) is 6.61 Å². The fourth-order valence-electron chi connectivity index (χ4n) is 1.41. The Balaban J connectivity index is 1.73. The van der Waals surface area contributed by atoms with E-state index >= 15 is 0 Å². The highest BCUT2D eigenvalue weighted by Crippen LogP contribution is 2.29. The Morgan fingerprint density at radius 2 is 2.47 bits per heavy atom. The van der Waals surface area contributed by atoms with Crippen LogP contribution >= 0.6 is 11.8 Å². The summed E-state index contributed by atoms with van der Waals surface area (Å²) in [7, 11) is 0. The van der Waals surface area contributed by atoms with Crippen LogP contribution in [0, 0.1) is 0 Å². The van der Waals surface area contributed by atoms with Crippen molar-refractivity contribution in [1.82, 2.24) is 4.98 Å². The van der Waals surface area contributed by atoms with Gasteiger partial charge in [0.15, 0.2) is 5.79 Å². The van der Waals surface area contributed by atoms with Gasteiger partial charge in [0, 0.05) is 18.0 Å². The molecule has 1 aromatic heterocycles. The molecule has 1 aromatic rings. The lowest BCUT2D eigenvalue weighted by Gasteiger charge is -2.16. The van der Waals surface area contributed by atoms with Crippen molar-refractivity contribution in [3.8, 4) is 5.88 Å². The average molecular weight is 256 g/mol. The number of nitrogens with two attached hydrogens (primary N) is 1. The quantitative estimate of drug-likeness (QED) is 0.829. The predicted octanol–water partition coefficient (Wildman–Crippen LogP) is 1.84. The molecule has 94 valence electrons. The zero-order valence-corrected chi connectivity index (χ0v) is 10.7. The van der Waals surface area contributed by atoms with Crippen LogP contribution in [0.25, 0.3) is 0 Å². The van der Waals surface area contributed by atoms with Crippen molar-refractivity contribution < 1.29 is 14.2 Å². The Hall–Kier alpha value is -0.980. The summed E-state index contributed by atoms with van der Waals surface area (Å²) in [5, 5.41) is 0. The molecule has 17 heavy (non-hydrogen) atoms. The second-order valence-electron chi connectivity index (χ2n) is 4.11. The summed E-state index contributed by atoms with van der Waals surface area (Å²) in [5.41, 5.74) is 6.26. The monoisotopic (exact) mass is 256 g/mol. The molecule has 0 saturated carbocycles. The van der Waals surface area contributed by atoms with Crippen molar-refractivity contribution in [3.05, 3.63) is 18.3 Å². The molecule has 1 atom stereocenters. The Labute approximate surface area is 105 Å². The lowest BCUT2D eigenvalue weighted by atomic mass is 10.4. The summed E-state index contributed by atoms with van der Waals surface area (Å²) < 4.78 is 16.5. The summed E-state index contributed by atoms with van der Waals surface area (Å²) in [4.78, 5) is 4.04. The van der Waals surface area contributed by atoms with Crippen LogP contribution in [0.2, 0.25) is 0 Å². The third-order valence-electron chi connectivity index (χ3n) is 2.20. The Bertz CT molecular complexity index is 387. The van der Waals surface area contributed by atoms with Crippen LogP contribution in [0.4, 0.5) is 5.69 Å². The summed E-state index contributed by atoms with van der Waals surface area (Å²) in [6.07, 6.45) is 1.62. The molecule has 6 heteroatoms. The van der Waals surface area contributed by atoms with E-state index in [0.717, 1.165) is 0 Å². The van der Waals surface area contributed by atoms with E-state index < -0.39 is 5.79 Å². The van der Waals surface area contributed by atoms with Crippen LogP contribution in [0.5, 0.6) is 5.88 Å². The fraction of sp³-hybridized carbons (Fsp3) is 0.545. The van der Waals surface area contributed by atoms with Gasteiger partial charge in [0.25, 0.3) is 0 Å². The number of nitrogen functional groups attached to an aromatic ring is 1. The maximum atomic E-state index is 5.63. The molecule has 2 heterocycles. The summed E-state index contributed by atoms with van der Waals surface area (Å²) in [5.74, 6) is 0.490. The van der Waals surface area contributed by atoms with Crippen molar-refractivity contribution in [2.24, 2.45) is 0 Å². The van der Waals surface area contributed by atoms with E-state index in [1.807, 2.05) is 13.8 Å². The third kappa shape index (κ3) is 3.76. The first kappa shape index (κ1) is 12.5. The zero-order valence-electron chi connectivity index (χ0n) is 9.88. The van der Waals surface area contributed by atoms with Crippen molar-refractivity contribution in [3.63, 3.8) is 0 Å². The van der Waals surface area contributed by atoms with E-state index in [2.05, 4.69) is 4.98 Å². The van der Waals surface area contributed by atoms with Gasteiger partial charge in [0.2, 0.25) is 5.88 Å². The van der Waals surface area contributed by atoms with Crippen LogP contribution in [0.3, 0.4) is 0 Å². The molecular formula is C11H16N2O3S. The molecule has 2 rings (SSSR count). The van der Waals surface area contributed by atoms with Gasteiger partial charge in [-0.2, -0.15) is 0 Å². The molecule has 1 saturated heterocycles. The topological polar surface area (TPSA) is 66.6 Å². The van der Waals surface area contributed by atoms with Crippen LogP contribution in [-0.4, -0.2) is 28.8 Å². The smallest absolute Gasteiger partial charge is 0.216 e. The summed E-state index contributed by atoms with van der Waals surface area (Å²) >= 11 is 1.54. The van der Waals surface area contributed by atoms with Crippen molar-refractivity contribution >= 4 is 17.4 Å². The lowest BCUT2D eigenvalue weighted by Crippen LogP contribution is -2.20. The average Bonchev–Trinajstić information content (AvgIpc) is 2.58. The summed E-state index contributed by atoms with van der Waals surface area (Å²) in [6, 6.07) is 3.41. The van der Waals surface area contributed by atoms with Crippen molar-refractivity contribution in [2.45, 2.75) is 25.1 Å². The van der Waals surface area contributed by atoms with Gasteiger partial charge in [-0.15, -0.1) is 0 Å². The molecule has 0 aromatic carbocycles. The fourth-order valence-corrected chi connectivity index (χ4v) is 2.21. The van der Waals surface area contributed by atoms with Crippen molar-refractivity contribution in [2.75, 3.05) is 18.3 Å². The Morgan fingerprint density at radius 3 is 3.12 bits per heavy atom. The predicted molar refractivity (Wildman–Crippen MR) is 66.6 cm³/mol. The Morgan fingerprint density at radius 1 is 1.65 bits per heavy atom. The van der Waals surface area contributed by atoms with E-state index in [9.17, 15) is 0 Å². The molecule has 0 aliphatic carbocycles. The zero-order chi connectivity index (χ0) is 12.3. The number of ether oxygens (including phenoxy) is 3. The first-order valence-corrected chi connectivity index (χ1v) is 6.38. The van der Waals surface area contributed by atoms with Crippen LogP contribution in [-0.2, 0) is 9.47 Å². The second kappa shape index (κ2) is 5.12. The molecule has 0 spiro atoms. The number of hydrogen-bond donors (Lipinski definition) is 1. The van der Waals surface area contributed by atoms with E-state index in [-0.39, 0.29) is 5.44 Å². The lowest BCUT2D eigenvalue weighted by molar-refractivity contribution is -0.129. The number of aromatic nitrogens is 1. The minimum Gasteiger partial charge on any atom is -0.466 e. The molecule has 0 radical (unpaired) electrons. The minimum absolute atomic E-state index is 0.00561. The molecule has 1 aliphatic rings. The highest BCUT2D eigenvalue weighted by Gasteiger charge is 2.32. The highest BCUT2D eigenvalue weighted by molar-refractivity contribution is 7.99. The molecule has 1 aliphatic heterocycles. The number of anilines is 1. The van der Waals surface area contributed by atoms with Crippen LogP contribution < -0.4 is 10.5 Å². The van der Waals surface area contributed by atoms with Gasteiger partial charge in [0.1, 0.15) is 11.4 Å². The molecule has 5 nitrogen and oxygen atoms in total. The number of hydrogen-bond acceptors (Lipinski definition) is 6. The third-order valence-corrected chi connectivity index (χ3v) is 3.06. The SMILES string of the molecule is CC1(C)OC[C@H](SCOc2cc(N)ccn2)O1. The molecular weight excluding hydrogens is 240 g/mol. The maximum absolute atomic E-state index is 5.63. The van der Waals surface area contributed by atoms with Gasteiger partial charge in [-0.3, -0.25) is 0 Å². The standard InChI is InChI=1S/C11H16N2O3S/c1-11(2)15-6-10(16-11)17-7-14-9-5-8(12)3-4-13-9/h3-5,10H,6-7H2,1-2H3,(H2,12,13)/t10-/m0/s1. The minimum atomic E-state index is -0.493. The summed E-state index contributed by atoms with van der Waals surface area (Å²) in [6.45, 7) is 4.37. The number of thioether (sulfide) groups is 1. The number of rotatable bonds is 4. The largest absolute Gasteiger partial charge is 0.466 e. The van der Waals surface area contributed by atoms with E-state index in [1.165, 1.54) is 11.8 Å². The maximum Gasteiger partial charge on any atom is 0.216 e. The highest BCUT2D eigenvalue weighted by atomic mass is 32.2. The van der Waals surface area contributed by atoms with Crippen LogP contribution in [0.15, 0.2) is 18.3 Å². The van der Waals surface area contributed by atoms with E-state index in [1.54, 1.807) is 18.3 Å². The molecule has 0 unspecified atom stereocenters. The molecule has 0 amide bonds. The molecule has 1 fully saturated rings. The van der Waals surface area contributed by atoms with Gasteiger partial charge in [-0.1, -0.05) is 11.8 Å². The van der Waals surface area contributed by atoms with Gasteiger partial charge in [-0.05, 0) is 19.9 Å². The Kier molecular flexibility index (Phi) is 3.76. The number of nitrogens with zero attached hydrogens (tertiary/aromatic N) is 1. The van der Waals surface area contributed by atoms with Gasteiger partial charge < -0.3 is 19.9 Å². The first-order chi connectivity index (χ1) is 8.05. The number of pyridine rings is 1. The molecule has 0 bridgehead atoms. The second-order valence-corrected chi connectivity index (χ2v) is 5.21. The normalized spacial score (nSPS) is 22.6. The van der Waals surface area contributed by atoms with Crippen LogP contribution in [0.1, 0.15) is 13.8 Å². The molecule has 2 N–H and O–H groups in total. The van der Waals surface area contributed by atoms with Gasteiger partial charge >= 0.3 is 0 Å². The van der Waals surface area contributed by atoms with E-state index in [0.29, 0.717) is 24.1 Å². The first-order valence-electron chi connectivity index (χ1n) is 5.33.